The lowest BCUT2D eigenvalue weighted by Crippen LogP contribution is -2.32. The lowest BCUT2D eigenvalue weighted by molar-refractivity contribution is -0.142. The molecule has 172 valence electrons. The first-order chi connectivity index (χ1) is 13.7. The number of methoxy groups -OCH3 is 1. The molecule has 10 heteroatoms. The Hall–Kier alpha value is -0.490. The summed E-state index contributed by atoms with van der Waals surface area (Å²) < 4.78 is 21.4. The first-order valence-corrected chi connectivity index (χ1v) is 13.0. The third-order valence-corrected chi connectivity index (χ3v) is 4.85. The molecule has 1 N–H and O–H groups in total. The number of hydrogen-bond donors (Lipinski definition) is 1. The van der Waals surface area contributed by atoms with Gasteiger partial charge in [0.2, 0.25) is 0 Å². The van der Waals surface area contributed by atoms with Crippen LogP contribution in [-0.4, -0.2) is 49.0 Å². The van der Waals surface area contributed by atoms with Gasteiger partial charge in [-0.2, -0.15) is 0 Å². The summed E-state index contributed by atoms with van der Waals surface area (Å²) in [6.45, 7) is 12.0. The molecule has 0 aromatic heterocycles. The predicted octanol–water partition coefficient (Wildman–Crippen LogP) is 6.36. The zero-order valence-electron chi connectivity index (χ0n) is 18.5. The third kappa shape index (κ3) is 20.6. The van der Waals surface area contributed by atoms with E-state index in [1.165, 1.54) is 33.7 Å². The van der Waals surface area contributed by atoms with Gasteiger partial charge in [-0.15, -0.1) is 23.2 Å². The quantitative estimate of drug-likeness (QED) is 0.258. The van der Waals surface area contributed by atoms with Gasteiger partial charge in [0.05, 0.1) is 12.4 Å². The number of hydrogen-bond acceptors (Lipinski definition) is 5. The Kier molecular flexibility index (Phi) is 25.4. The van der Waals surface area contributed by atoms with Crippen molar-refractivity contribution in [1.29, 1.82) is 0 Å². The summed E-state index contributed by atoms with van der Waals surface area (Å²) in [5.74, 6) is -0.210. The summed E-state index contributed by atoms with van der Waals surface area (Å²) in [5, 5.41) is 2.57. The predicted molar refractivity (Wildman–Crippen MR) is 127 cm³/mol. The van der Waals surface area contributed by atoms with E-state index in [-0.39, 0.29) is 5.34 Å². The molecular weight excluding hydrogens is 458 g/mol. The van der Waals surface area contributed by atoms with Crippen LogP contribution in [0.2, 0.25) is 0 Å². The molecule has 0 aliphatic heterocycles. The van der Waals surface area contributed by atoms with Crippen molar-refractivity contribution in [3.8, 4) is 5.75 Å². The number of carbonyl (C=O) groups excluding carboxylic acids is 1. The van der Waals surface area contributed by atoms with E-state index >= 15 is 0 Å². The monoisotopic (exact) mass is 492 g/mol. The topological polar surface area (TPSA) is 67.9 Å². The normalized spacial score (nSPS) is 12.5. The van der Waals surface area contributed by atoms with Crippen molar-refractivity contribution < 1.29 is 18.6 Å². The van der Waals surface area contributed by atoms with Crippen LogP contribution in [0.25, 0.3) is 0 Å². The second kappa shape index (κ2) is 22.2. The van der Waals surface area contributed by atoms with E-state index in [1.807, 2.05) is 13.8 Å². The van der Waals surface area contributed by atoms with Crippen LogP contribution in [0.1, 0.15) is 41.5 Å². The Morgan fingerprint density at radius 3 is 1.83 bits per heavy atom. The number of para-hydroxylation sites is 1. The number of rotatable bonds is 8. The van der Waals surface area contributed by atoms with Crippen LogP contribution in [0.15, 0.2) is 30.3 Å². The second-order valence-corrected chi connectivity index (χ2v) is 8.52. The van der Waals surface area contributed by atoms with Gasteiger partial charge in [-0.25, -0.2) is 9.65 Å². The van der Waals surface area contributed by atoms with Gasteiger partial charge in [0.1, 0.15) is 11.8 Å². The third-order valence-electron chi connectivity index (χ3n) is 3.21. The number of carbonyl (C=O) groups is 1. The summed E-state index contributed by atoms with van der Waals surface area (Å²) in [4.78, 5) is 13.5. The van der Waals surface area contributed by atoms with Crippen LogP contribution in [-0.2, 0) is 14.1 Å². The highest BCUT2D eigenvalue weighted by atomic mass is 35.7. The van der Waals surface area contributed by atoms with E-state index in [0.717, 1.165) is 0 Å². The Bertz CT molecular complexity index is 530. The van der Waals surface area contributed by atoms with Crippen molar-refractivity contribution in [3.63, 3.8) is 0 Å². The zero-order chi connectivity index (χ0) is 23.3. The first kappa shape index (κ1) is 33.2. The zero-order valence-corrected chi connectivity index (χ0v) is 21.6. The maximum atomic E-state index is 11.8. The summed E-state index contributed by atoms with van der Waals surface area (Å²) >= 11 is 15.2. The van der Waals surface area contributed by atoms with Crippen molar-refractivity contribution in [1.82, 2.24) is 9.99 Å². The Labute approximate surface area is 191 Å². The summed E-state index contributed by atoms with van der Waals surface area (Å²) in [6.07, 6.45) is 0. The second-order valence-electron chi connectivity index (χ2n) is 4.98. The molecule has 0 saturated carbocycles. The molecule has 2 atom stereocenters. The van der Waals surface area contributed by atoms with E-state index in [9.17, 15) is 9.36 Å². The number of benzene rings is 1. The van der Waals surface area contributed by atoms with Crippen LogP contribution in [0.3, 0.4) is 0 Å². The van der Waals surface area contributed by atoms with Crippen LogP contribution < -0.4 is 9.61 Å². The Morgan fingerprint density at radius 2 is 1.52 bits per heavy atom. The van der Waals surface area contributed by atoms with E-state index < -0.39 is 18.9 Å². The smallest absolute Gasteiger partial charge is 0.409 e. The molecule has 0 bridgehead atoms. The molecule has 0 spiro atoms. The number of halogens is 3. The molecule has 0 aliphatic carbocycles. The van der Waals surface area contributed by atoms with Crippen molar-refractivity contribution >= 4 is 47.3 Å². The van der Waals surface area contributed by atoms with E-state index in [2.05, 4.69) is 35.5 Å². The molecular formula is C19H36Cl3N2O4P. The van der Waals surface area contributed by atoms with Crippen molar-refractivity contribution in [3.05, 3.63) is 30.3 Å². The summed E-state index contributed by atoms with van der Waals surface area (Å²) in [5.41, 5.74) is 0. The van der Waals surface area contributed by atoms with E-state index in [1.54, 1.807) is 30.3 Å². The maximum absolute atomic E-state index is 11.8. The Morgan fingerprint density at radius 1 is 1.10 bits per heavy atom. The van der Waals surface area contributed by atoms with Gasteiger partial charge in [-0.1, -0.05) is 52.8 Å². The van der Waals surface area contributed by atoms with Crippen molar-refractivity contribution in [2.75, 3.05) is 32.1 Å². The van der Waals surface area contributed by atoms with Gasteiger partial charge in [0, 0.05) is 11.2 Å². The fraction of sp³-hybridized carbons (Fsp3) is 0.632. The minimum Gasteiger partial charge on any atom is -0.468 e. The molecule has 1 aromatic rings. The highest BCUT2D eigenvalue weighted by Crippen LogP contribution is 2.48. The lowest BCUT2D eigenvalue weighted by atomic mass is 10.3. The van der Waals surface area contributed by atoms with Gasteiger partial charge in [-0.3, -0.25) is 4.79 Å². The van der Waals surface area contributed by atoms with Gasteiger partial charge in [-0.05, 0) is 38.7 Å². The molecule has 0 fully saturated rings. The highest BCUT2D eigenvalue weighted by molar-refractivity contribution is 7.84. The van der Waals surface area contributed by atoms with Gasteiger partial charge in [0.25, 0.3) is 0 Å². The number of alkyl halides is 2. The number of nitrogens with zero attached hydrogens (tertiary/aromatic N) is 1. The number of ether oxygens (including phenoxy) is 1. The lowest BCUT2D eigenvalue weighted by Gasteiger charge is -2.17. The van der Waals surface area contributed by atoms with Crippen LogP contribution in [0.5, 0.6) is 5.75 Å². The summed E-state index contributed by atoms with van der Waals surface area (Å²) in [6, 6.07) is 7.63. The van der Waals surface area contributed by atoms with Gasteiger partial charge >= 0.3 is 12.8 Å². The standard InChI is InChI=1S/C10H13ClNO4P.C6H15N.C2H6.CH2Cl2/c1-8(10(13)15-2)12-17(11,14)16-9-6-4-3-5-7-9;1-4-7(5-2)6-3;1-2;2-1-3/h3-8H,1-2H3,(H,12,14);4-6H2,1-3H3;1-2H3;1H2. The first-order valence-electron chi connectivity index (χ1n) is 9.45. The SMILES string of the molecule is CC.CCN(CC)CC.COC(=O)C(C)NP(=O)(Cl)Oc1ccccc1.ClCCl. The van der Waals surface area contributed by atoms with E-state index in [4.69, 9.17) is 39.0 Å². The van der Waals surface area contributed by atoms with Crippen LogP contribution >= 0.6 is 41.3 Å². The molecule has 0 saturated heterocycles. The molecule has 1 rings (SSSR count). The van der Waals surface area contributed by atoms with Gasteiger partial charge in [0.15, 0.2) is 0 Å². The molecule has 0 aliphatic rings. The molecule has 1 aromatic carbocycles. The maximum Gasteiger partial charge on any atom is 0.409 e. The fourth-order valence-corrected chi connectivity index (χ4v) is 3.47. The minimum atomic E-state index is -3.62. The van der Waals surface area contributed by atoms with Crippen molar-refractivity contribution in [2.24, 2.45) is 0 Å². The van der Waals surface area contributed by atoms with Crippen LogP contribution in [0, 0.1) is 0 Å². The van der Waals surface area contributed by atoms with E-state index in [0.29, 0.717) is 5.75 Å². The number of esters is 1. The largest absolute Gasteiger partial charge is 0.468 e. The highest BCUT2D eigenvalue weighted by Gasteiger charge is 2.27. The molecule has 0 amide bonds. The molecule has 0 heterocycles. The molecule has 0 radical (unpaired) electrons. The molecule has 2 unspecified atom stereocenters. The number of nitrogens with one attached hydrogen (secondary N) is 1. The Balaban J connectivity index is -0.000000469. The van der Waals surface area contributed by atoms with Crippen LogP contribution in [0.4, 0.5) is 0 Å². The average Bonchev–Trinajstić information content (AvgIpc) is 2.71. The minimum absolute atomic E-state index is 0.194. The van der Waals surface area contributed by atoms with Gasteiger partial charge < -0.3 is 14.2 Å². The van der Waals surface area contributed by atoms with Crippen molar-refractivity contribution in [2.45, 2.75) is 47.6 Å². The average molecular weight is 494 g/mol. The molecule has 29 heavy (non-hydrogen) atoms. The molecule has 6 nitrogen and oxygen atoms in total. The fourth-order valence-electron chi connectivity index (χ4n) is 1.77. The summed E-state index contributed by atoms with van der Waals surface area (Å²) in [7, 11) is 1.23.